The maximum absolute atomic E-state index is 12.3. The van der Waals surface area contributed by atoms with Crippen molar-refractivity contribution in [2.45, 2.75) is 18.7 Å². The van der Waals surface area contributed by atoms with Gasteiger partial charge < -0.3 is 4.74 Å². The molecule has 0 radical (unpaired) electrons. The predicted molar refractivity (Wildman–Crippen MR) is 84.0 cm³/mol. The first-order chi connectivity index (χ1) is 9.60. The minimum atomic E-state index is 0.166. The molecule has 0 spiro atoms. The zero-order valence-corrected chi connectivity index (χ0v) is 12.8. The molecular weight excluding hydrogens is 268 g/mol. The molecule has 0 saturated heterocycles. The van der Waals surface area contributed by atoms with Crippen LogP contribution in [0.5, 0.6) is 5.75 Å². The third kappa shape index (κ3) is 3.64. The van der Waals surface area contributed by atoms with E-state index in [2.05, 4.69) is 0 Å². The van der Waals surface area contributed by atoms with E-state index in [9.17, 15) is 4.79 Å². The average molecular weight is 286 g/mol. The molecule has 0 saturated carbocycles. The van der Waals surface area contributed by atoms with Crippen molar-refractivity contribution in [3.63, 3.8) is 0 Å². The van der Waals surface area contributed by atoms with Gasteiger partial charge in [-0.2, -0.15) is 0 Å². The van der Waals surface area contributed by atoms with Crippen LogP contribution in [0.3, 0.4) is 0 Å². The molecular formula is C17H18O2S. The molecule has 3 heteroatoms. The van der Waals surface area contributed by atoms with Gasteiger partial charge in [-0.15, -0.1) is 11.8 Å². The second-order valence-corrected chi connectivity index (χ2v) is 5.76. The molecule has 0 N–H and O–H groups in total. The molecule has 0 unspecified atom stereocenters. The van der Waals surface area contributed by atoms with Gasteiger partial charge in [0, 0.05) is 10.5 Å². The lowest BCUT2D eigenvalue weighted by Crippen LogP contribution is -2.05. The van der Waals surface area contributed by atoms with E-state index in [0.717, 1.165) is 27.3 Å². The van der Waals surface area contributed by atoms with Gasteiger partial charge in [0.2, 0.25) is 0 Å². The lowest BCUT2D eigenvalue weighted by molar-refractivity contribution is 0.102. The van der Waals surface area contributed by atoms with Crippen molar-refractivity contribution >= 4 is 17.5 Å². The van der Waals surface area contributed by atoms with Gasteiger partial charge in [-0.25, -0.2) is 0 Å². The quantitative estimate of drug-likeness (QED) is 0.606. The van der Waals surface area contributed by atoms with Crippen LogP contribution in [0, 0.1) is 13.8 Å². The van der Waals surface area contributed by atoms with E-state index < -0.39 is 0 Å². The van der Waals surface area contributed by atoms with E-state index in [1.807, 2.05) is 56.3 Å². The zero-order chi connectivity index (χ0) is 14.5. The van der Waals surface area contributed by atoms with Gasteiger partial charge in [0.15, 0.2) is 5.78 Å². The van der Waals surface area contributed by atoms with Gasteiger partial charge in [-0.05, 0) is 43.7 Å². The van der Waals surface area contributed by atoms with Crippen LogP contribution in [0.25, 0.3) is 0 Å². The van der Waals surface area contributed by atoms with Crippen molar-refractivity contribution in [3.8, 4) is 5.75 Å². The Bertz CT molecular complexity index is 620. The third-order valence-corrected chi connectivity index (χ3v) is 4.10. The number of hydrogen-bond acceptors (Lipinski definition) is 3. The lowest BCUT2D eigenvalue weighted by Gasteiger charge is -2.07. The van der Waals surface area contributed by atoms with E-state index >= 15 is 0 Å². The fraction of sp³-hybridized carbons (Fsp3) is 0.235. The topological polar surface area (TPSA) is 26.3 Å². The van der Waals surface area contributed by atoms with Gasteiger partial charge in [0.1, 0.15) is 5.75 Å². The molecule has 2 aromatic carbocycles. The van der Waals surface area contributed by atoms with Gasteiger partial charge in [-0.1, -0.05) is 23.8 Å². The second-order valence-electron chi connectivity index (χ2n) is 4.71. The van der Waals surface area contributed by atoms with E-state index in [0.29, 0.717) is 5.75 Å². The Morgan fingerprint density at radius 2 is 1.95 bits per heavy atom. The Morgan fingerprint density at radius 1 is 1.15 bits per heavy atom. The maximum Gasteiger partial charge on any atom is 0.173 e. The highest BCUT2D eigenvalue weighted by Gasteiger charge is 2.10. The van der Waals surface area contributed by atoms with E-state index in [-0.39, 0.29) is 5.78 Å². The summed E-state index contributed by atoms with van der Waals surface area (Å²) in [7, 11) is 1.64. The molecule has 2 rings (SSSR count). The molecule has 0 aliphatic carbocycles. The molecule has 20 heavy (non-hydrogen) atoms. The lowest BCUT2D eigenvalue weighted by atomic mass is 10.0. The molecule has 0 atom stereocenters. The number of methoxy groups -OCH3 is 1. The normalized spacial score (nSPS) is 10.3. The van der Waals surface area contributed by atoms with Crippen LogP contribution in [0.1, 0.15) is 21.5 Å². The number of rotatable bonds is 5. The monoisotopic (exact) mass is 286 g/mol. The number of carbonyl (C=O) groups is 1. The number of aryl methyl sites for hydroxylation is 2. The van der Waals surface area contributed by atoms with Crippen LogP contribution in [0.15, 0.2) is 47.4 Å². The SMILES string of the molecule is COc1cccc(SCC(=O)c2cc(C)ccc2C)c1. The number of benzene rings is 2. The summed E-state index contributed by atoms with van der Waals surface area (Å²) in [5.41, 5.74) is 2.97. The number of hydrogen-bond donors (Lipinski definition) is 0. The summed E-state index contributed by atoms with van der Waals surface area (Å²) in [5.74, 6) is 1.42. The number of Topliss-reactive ketones (excluding diaryl/α,β-unsaturated/α-hetero) is 1. The fourth-order valence-corrected chi connectivity index (χ4v) is 2.78. The van der Waals surface area contributed by atoms with E-state index in [4.69, 9.17) is 4.74 Å². The first-order valence-electron chi connectivity index (χ1n) is 6.47. The van der Waals surface area contributed by atoms with Crippen molar-refractivity contribution in [1.82, 2.24) is 0 Å². The predicted octanol–water partition coefficient (Wildman–Crippen LogP) is 4.29. The van der Waals surface area contributed by atoms with Gasteiger partial charge >= 0.3 is 0 Å². The Kier molecular flexibility index (Phi) is 4.85. The highest BCUT2D eigenvalue weighted by Crippen LogP contribution is 2.24. The van der Waals surface area contributed by atoms with Crippen molar-refractivity contribution < 1.29 is 9.53 Å². The maximum atomic E-state index is 12.3. The van der Waals surface area contributed by atoms with Crippen molar-refractivity contribution in [1.29, 1.82) is 0 Å². The number of carbonyl (C=O) groups excluding carboxylic acids is 1. The number of ether oxygens (including phenoxy) is 1. The van der Waals surface area contributed by atoms with Crippen molar-refractivity contribution in [3.05, 3.63) is 59.2 Å². The first kappa shape index (κ1) is 14.7. The Labute approximate surface area is 124 Å². The minimum Gasteiger partial charge on any atom is -0.497 e. The summed E-state index contributed by atoms with van der Waals surface area (Å²) in [6.45, 7) is 3.98. The fourth-order valence-electron chi connectivity index (χ4n) is 1.95. The summed E-state index contributed by atoms with van der Waals surface area (Å²) in [5, 5.41) is 0. The number of ketones is 1. The summed E-state index contributed by atoms with van der Waals surface area (Å²) >= 11 is 1.54. The van der Waals surface area contributed by atoms with Crippen LogP contribution in [0.4, 0.5) is 0 Å². The summed E-state index contributed by atoms with van der Waals surface area (Å²) in [6, 6.07) is 13.8. The average Bonchev–Trinajstić information content (AvgIpc) is 2.47. The highest BCUT2D eigenvalue weighted by atomic mass is 32.2. The zero-order valence-electron chi connectivity index (χ0n) is 12.0. The van der Waals surface area contributed by atoms with Crippen LogP contribution in [-0.4, -0.2) is 18.6 Å². The minimum absolute atomic E-state index is 0.166. The van der Waals surface area contributed by atoms with Crippen molar-refractivity contribution in [2.24, 2.45) is 0 Å². The standard InChI is InChI=1S/C17H18O2S/c1-12-7-8-13(2)16(9-12)17(18)11-20-15-6-4-5-14(10-15)19-3/h4-10H,11H2,1-3H3. The molecule has 0 fully saturated rings. The Hall–Kier alpha value is -1.74. The van der Waals surface area contributed by atoms with E-state index in [1.165, 1.54) is 11.8 Å². The number of thioether (sulfide) groups is 1. The summed E-state index contributed by atoms with van der Waals surface area (Å²) < 4.78 is 5.18. The molecule has 2 aromatic rings. The van der Waals surface area contributed by atoms with Crippen LogP contribution >= 0.6 is 11.8 Å². The summed E-state index contributed by atoms with van der Waals surface area (Å²) in [4.78, 5) is 13.3. The van der Waals surface area contributed by atoms with Crippen LogP contribution in [-0.2, 0) is 0 Å². The summed E-state index contributed by atoms with van der Waals surface area (Å²) in [6.07, 6.45) is 0. The molecule has 0 aliphatic heterocycles. The van der Waals surface area contributed by atoms with Gasteiger partial charge in [0.05, 0.1) is 12.9 Å². The van der Waals surface area contributed by atoms with Gasteiger partial charge in [-0.3, -0.25) is 4.79 Å². The molecule has 0 bridgehead atoms. The first-order valence-corrected chi connectivity index (χ1v) is 7.46. The van der Waals surface area contributed by atoms with E-state index in [1.54, 1.807) is 7.11 Å². The molecule has 104 valence electrons. The van der Waals surface area contributed by atoms with Crippen LogP contribution in [0.2, 0.25) is 0 Å². The van der Waals surface area contributed by atoms with Crippen LogP contribution < -0.4 is 4.74 Å². The Morgan fingerprint density at radius 3 is 2.70 bits per heavy atom. The molecule has 2 nitrogen and oxygen atoms in total. The molecule has 0 amide bonds. The second kappa shape index (κ2) is 6.62. The Balaban J connectivity index is 2.06. The molecule has 0 aromatic heterocycles. The largest absolute Gasteiger partial charge is 0.497 e. The molecule has 0 aliphatic rings. The third-order valence-electron chi connectivity index (χ3n) is 3.10. The molecule has 0 heterocycles. The van der Waals surface area contributed by atoms with Crippen molar-refractivity contribution in [2.75, 3.05) is 12.9 Å². The smallest absolute Gasteiger partial charge is 0.173 e. The van der Waals surface area contributed by atoms with Gasteiger partial charge in [0.25, 0.3) is 0 Å². The highest BCUT2D eigenvalue weighted by molar-refractivity contribution is 8.00.